The second-order valence-electron chi connectivity index (χ2n) is 3.67. The van der Waals surface area contributed by atoms with Gasteiger partial charge in [-0.3, -0.25) is 0 Å². The van der Waals surface area contributed by atoms with Crippen LogP contribution in [-0.4, -0.2) is 4.98 Å². The second-order valence-corrected chi connectivity index (χ2v) is 3.67. The van der Waals surface area contributed by atoms with Crippen LogP contribution in [0.1, 0.15) is 5.56 Å². The first kappa shape index (κ1) is 7.63. The molecule has 0 aliphatic rings. The van der Waals surface area contributed by atoms with Gasteiger partial charge in [0.2, 0.25) is 0 Å². The number of hydrogen-bond acceptors (Lipinski definition) is 0. The molecule has 0 unspecified atom stereocenters. The van der Waals surface area contributed by atoms with Crippen LogP contribution >= 0.6 is 0 Å². The van der Waals surface area contributed by atoms with Gasteiger partial charge in [0.1, 0.15) is 0 Å². The molecule has 14 heavy (non-hydrogen) atoms. The minimum Gasteiger partial charge on any atom is -0.361 e. The van der Waals surface area contributed by atoms with Crippen molar-refractivity contribution in [1.29, 1.82) is 0 Å². The van der Waals surface area contributed by atoms with E-state index in [0.717, 1.165) is 0 Å². The molecule has 2 aromatic carbocycles. The molecule has 0 amide bonds. The molecule has 0 atom stereocenters. The Labute approximate surface area is 82.4 Å². The molecule has 68 valence electrons. The average Bonchev–Trinajstić information content (AvgIpc) is 2.66. The third-order valence-corrected chi connectivity index (χ3v) is 2.81. The van der Waals surface area contributed by atoms with E-state index in [-0.39, 0.29) is 0 Å². The topological polar surface area (TPSA) is 15.8 Å². The van der Waals surface area contributed by atoms with Gasteiger partial charge in [-0.2, -0.15) is 0 Å². The molecule has 1 heterocycles. The van der Waals surface area contributed by atoms with E-state index in [0.29, 0.717) is 0 Å². The molecule has 1 nitrogen and oxygen atoms in total. The van der Waals surface area contributed by atoms with Crippen LogP contribution in [0.5, 0.6) is 0 Å². The van der Waals surface area contributed by atoms with Gasteiger partial charge < -0.3 is 4.98 Å². The fourth-order valence-corrected chi connectivity index (χ4v) is 2.06. The van der Waals surface area contributed by atoms with Gasteiger partial charge in [-0.15, -0.1) is 0 Å². The van der Waals surface area contributed by atoms with Crippen LogP contribution in [0, 0.1) is 6.92 Å². The van der Waals surface area contributed by atoms with Gasteiger partial charge in [-0.05, 0) is 35.4 Å². The van der Waals surface area contributed by atoms with Crippen molar-refractivity contribution in [2.45, 2.75) is 6.92 Å². The summed E-state index contributed by atoms with van der Waals surface area (Å²) in [7, 11) is 0. The molecular formula is C13H11N. The number of hydrogen-bond donors (Lipinski definition) is 1. The van der Waals surface area contributed by atoms with Crippen molar-refractivity contribution in [2.24, 2.45) is 0 Å². The van der Waals surface area contributed by atoms with E-state index in [2.05, 4.69) is 48.3 Å². The zero-order valence-electron chi connectivity index (χ0n) is 8.04. The Morgan fingerprint density at radius 2 is 1.79 bits per heavy atom. The maximum absolute atomic E-state index is 3.23. The van der Waals surface area contributed by atoms with E-state index in [1.165, 1.54) is 27.2 Å². The van der Waals surface area contributed by atoms with Gasteiger partial charge >= 0.3 is 0 Å². The monoisotopic (exact) mass is 181 g/mol. The van der Waals surface area contributed by atoms with E-state index in [1.54, 1.807) is 0 Å². The highest BCUT2D eigenvalue weighted by Crippen LogP contribution is 2.26. The lowest BCUT2D eigenvalue weighted by molar-refractivity contribution is 1.48. The summed E-state index contributed by atoms with van der Waals surface area (Å²) in [5.41, 5.74) is 2.55. The van der Waals surface area contributed by atoms with Gasteiger partial charge in [-0.1, -0.05) is 24.3 Å². The van der Waals surface area contributed by atoms with Crippen molar-refractivity contribution in [1.82, 2.24) is 4.98 Å². The Hall–Kier alpha value is -1.76. The molecule has 1 N–H and O–H groups in total. The first-order valence-electron chi connectivity index (χ1n) is 4.82. The molecule has 0 saturated carbocycles. The zero-order valence-corrected chi connectivity index (χ0v) is 8.04. The molecule has 0 fully saturated rings. The largest absolute Gasteiger partial charge is 0.361 e. The molecule has 1 heteroatoms. The Morgan fingerprint density at radius 1 is 0.857 bits per heavy atom. The van der Waals surface area contributed by atoms with Crippen LogP contribution in [-0.2, 0) is 0 Å². The first-order valence-corrected chi connectivity index (χ1v) is 4.82. The smallest absolute Gasteiger partial charge is 0.0460 e. The molecule has 0 spiro atoms. The first-order chi connectivity index (χ1) is 6.86. The number of fused-ring (bicyclic) bond motifs is 3. The van der Waals surface area contributed by atoms with E-state index >= 15 is 0 Å². The molecule has 0 aliphatic heterocycles. The number of aryl methyl sites for hydroxylation is 1. The summed E-state index contributed by atoms with van der Waals surface area (Å²) >= 11 is 0. The van der Waals surface area contributed by atoms with Crippen molar-refractivity contribution in [2.75, 3.05) is 0 Å². The quantitative estimate of drug-likeness (QED) is 0.545. The number of aromatic amines is 1. The molecule has 3 rings (SSSR count). The Balaban J connectivity index is 2.64. The summed E-state index contributed by atoms with van der Waals surface area (Å²) in [4.78, 5) is 3.23. The highest BCUT2D eigenvalue weighted by Gasteiger charge is 2.01. The van der Waals surface area contributed by atoms with Crippen molar-refractivity contribution >= 4 is 21.7 Å². The van der Waals surface area contributed by atoms with E-state index < -0.39 is 0 Å². The maximum atomic E-state index is 3.23. The number of nitrogens with one attached hydrogen (secondary N) is 1. The lowest BCUT2D eigenvalue weighted by Crippen LogP contribution is -1.78. The molecule has 0 saturated heterocycles. The number of rotatable bonds is 0. The van der Waals surface area contributed by atoms with Crippen LogP contribution in [0.2, 0.25) is 0 Å². The van der Waals surface area contributed by atoms with Crippen molar-refractivity contribution in [3.63, 3.8) is 0 Å². The minimum absolute atomic E-state index is 1.21. The fourth-order valence-electron chi connectivity index (χ4n) is 2.06. The van der Waals surface area contributed by atoms with Gasteiger partial charge in [0.05, 0.1) is 0 Å². The maximum Gasteiger partial charge on any atom is 0.0460 e. The summed E-state index contributed by atoms with van der Waals surface area (Å²) in [5.74, 6) is 0. The van der Waals surface area contributed by atoms with Crippen molar-refractivity contribution < 1.29 is 0 Å². The standard InChI is InChI=1S/C13H11N/c1-9-3-2-4-11-10(9)5-6-13-12(11)7-8-14-13/h2-8,14H,1H3. The molecular weight excluding hydrogens is 170 g/mol. The van der Waals surface area contributed by atoms with Crippen LogP contribution in [0.4, 0.5) is 0 Å². The van der Waals surface area contributed by atoms with Crippen LogP contribution in [0.3, 0.4) is 0 Å². The third-order valence-electron chi connectivity index (χ3n) is 2.81. The predicted octanol–water partition coefficient (Wildman–Crippen LogP) is 3.63. The normalized spacial score (nSPS) is 11.2. The average molecular weight is 181 g/mol. The Bertz CT molecular complexity index is 605. The highest BCUT2D eigenvalue weighted by atomic mass is 14.7. The number of aromatic nitrogens is 1. The Kier molecular flexibility index (Phi) is 1.42. The van der Waals surface area contributed by atoms with Crippen LogP contribution < -0.4 is 0 Å². The van der Waals surface area contributed by atoms with Gasteiger partial charge in [0, 0.05) is 17.1 Å². The Morgan fingerprint density at radius 3 is 2.71 bits per heavy atom. The zero-order chi connectivity index (χ0) is 9.54. The molecule has 1 aromatic heterocycles. The number of benzene rings is 2. The predicted molar refractivity (Wildman–Crippen MR) is 60.5 cm³/mol. The van der Waals surface area contributed by atoms with E-state index in [9.17, 15) is 0 Å². The molecule has 0 bridgehead atoms. The molecule has 3 aromatic rings. The van der Waals surface area contributed by atoms with Crippen LogP contribution in [0.15, 0.2) is 42.6 Å². The molecule has 0 aliphatic carbocycles. The van der Waals surface area contributed by atoms with Crippen molar-refractivity contribution in [3.05, 3.63) is 48.2 Å². The second kappa shape index (κ2) is 2.61. The lowest BCUT2D eigenvalue weighted by Gasteiger charge is -2.02. The number of H-pyrrole nitrogens is 1. The van der Waals surface area contributed by atoms with Crippen LogP contribution in [0.25, 0.3) is 21.7 Å². The highest BCUT2D eigenvalue weighted by molar-refractivity contribution is 6.07. The third kappa shape index (κ3) is 0.896. The lowest BCUT2D eigenvalue weighted by atomic mass is 10.0. The van der Waals surface area contributed by atoms with Gasteiger partial charge in [0.25, 0.3) is 0 Å². The molecule has 0 radical (unpaired) electrons. The summed E-state index contributed by atoms with van der Waals surface area (Å²) in [5, 5.41) is 3.99. The summed E-state index contributed by atoms with van der Waals surface area (Å²) in [6, 6.07) is 12.9. The van der Waals surface area contributed by atoms with E-state index in [1.807, 2.05) is 6.20 Å². The summed E-state index contributed by atoms with van der Waals surface area (Å²) < 4.78 is 0. The SMILES string of the molecule is Cc1cccc2c1ccc1[nH]ccc12. The minimum atomic E-state index is 1.21. The van der Waals surface area contributed by atoms with Gasteiger partial charge in [0.15, 0.2) is 0 Å². The van der Waals surface area contributed by atoms with Crippen molar-refractivity contribution in [3.8, 4) is 0 Å². The van der Waals surface area contributed by atoms with Gasteiger partial charge in [-0.25, -0.2) is 0 Å². The summed E-state index contributed by atoms with van der Waals surface area (Å²) in [6.07, 6.45) is 1.99. The summed E-state index contributed by atoms with van der Waals surface area (Å²) in [6.45, 7) is 2.15. The van der Waals surface area contributed by atoms with E-state index in [4.69, 9.17) is 0 Å². The fraction of sp³-hybridized carbons (Fsp3) is 0.0769.